The lowest BCUT2D eigenvalue weighted by Crippen LogP contribution is -2.33. The fourth-order valence-corrected chi connectivity index (χ4v) is 3.04. The number of hydrogen-bond acceptors (Lipinski definition) is 2. The molecule has 21 heavy (non-hydrogen) atoms. The summed E-state index contributed by atoms with van der Waals surface area (Å²) in [5, 5.41) is 8.74. The van der Waals surface area contributed by atoms with Crippen molar-refractivity contribution in [1.82, 2.24) is 4.90 Å². The van der Waals surface area contributed by atoms with Crippen LogP contribution >= 0.6 is 0 Å². The van der Waals surface area contributed by atoms with E-state index in [4.69, 9.17) is 5.11 Å². The highest BCUT2D eigenvalue weighted by atomic mass is 19.1. The molecule has 1 aromatic rings. The minimum absolute atomic E-state index is 0.242. The molecule has 2 nitrogen and oxygen atoms in total. The van der Waals surface area contributed by atoms with Crippen LogP contribution in [0.25, 0.3) is 0 Å². The van der Waals surface area contributed by atoms with Crippen LogP contribution in [0.5, 0.6) is 0 Å². The summed E-state index contributed by atoms with van der Waals surface area (Å²) >= 11 is 0. The van der Waals surface area contributed by atoms with E-state index < -0.39 is 0 Å². The summed E-state index contributed by atoms with van der Waals surface area (Å²) in [4.78, 5) is 2.52. The molecule has 0 saturated carbocycles. The lowest BCUT2D eigenvalue weighted by molar-refractivity contribution is 0.186. The average Bonchev–Trinajstić information content (AvgIpc) is 2.72. The Morgan fingerprint density at radius 2 is 2.19 bits per heavy atom. The molecule has 0 bridgehead atoms. The predicted molar refractivity (Wildman–Crippen MR) is 83.3 cm³/mol. The maximum atomic E-state index is 13.7. The van der Waals surface area contributed by atoms with Gasteiger partial charge < -0.3 is 5.11 Å². The molecule has 1 heterocycles. The van der Waals surface area contributed by atoms with Crippen LogP contribution in [0, 0.1) is 17.7 Å². The number of halogens is 1. The number of benzene rings is 1. The van der Waals surface area contributed by atoms with Gasteiger partial charge in [-0.25, -0.2) is 4.39 Å². The summed E-state index contributed by atoms with van der Waals surface area (Å²) < 4.78 is 13.7. The minimum atomic E-state index is -0.317. The highest BCUT2D eigenvalue weighted by molar-refractivity contribution is 5.38. The van der Waals surface area contributed by atoms with Crippen molar-refractivity contribution in [2.24, 2.45) is 0 Å². The quantitative estimate of drug-likeness (QED) is 0.863. The van der Waals surface area contributed by atoms with E-state index in [2.05, 4.69) is 23.7 Å². The smallest absolute Gasteiger partial charge is 0.138 e. The first-order valence-corrected chi connectivity index (χ1v) is 7.86. The fourth-order valence-electron chi connectivity index (χ4n) is 3.04. The van der Waals surface area contributed by atoms with Crippen molar-refractivity contribution in [3.05, 3.63) is 35.1 Å². The number of aliphatic hydroxyl groups is 1. The molecule has 1 unspecified atom stereocenters. The average molecular weight is 289 g/mol. The van der Waals surface area contributed by atoms with E-state index in [9.17, 15) is 4.39 Å². The van der Waals surface area contributed by atoms with E-state index >= 15 is 0 Å². The first-order chi connectivity index (χ1) is 10.2. The largest absolute Gasteiger partial charge is 0.384 e. The Kier molecular flexibility index (Phi) is 6.22. The van der Waals surface area contributed by atoms with E-state index in [0.29, 0.717) is 11.6 Å². The molecular weight excluding hydrogens is 265 g/mol. The van der Waals surface area contributed by atoms with Crippen molar-refractivity contribution in [1.29, 1.82) is 0 Å². The van der Waals surface area contributed by atoms with E-state index in [-0.39, 0.29) is 12.4 Å². The van der Waals surface area contributed by atoms with Crippen LogP contribution in [-0.4, -0.2) is 29.2 Å². The van der Waals surface area contributed by atoms with Gasteiger partial charge in [0.15, 0.2) is 0 Å². The van der Waals surface area contributed by atoms with Gasteiger partial charge in [-0.3, -0.25) is 4.90 Å². The highest BCUT2D eigenvalue weighted by Crippen LogP contribution is 2.22. The van der Waals surface area contributed by atoms with E-state index in [1.807, 2.05) is 12.1 Å². The molecule has 1 aliphatic heterocycles. The molecule has 1 aliphatic rings. The third-order valence-electron chi connectivity index (χ3n) is 4.19. The molecule has 2 rings (SSSR count). The molecule has 1 saturated heterocycles. The van der Waals surface area contributed by atoms with Crippen LogP contribution in [0.2, 0.25) is 0 Å². The zero-order chi connectivity index (χ0) is 15.1. The summed E-state index contributed by atoms with van der Waals surface area (Å²) in [6.07, 6.45) is 6.29. The Balaban J connectivity index is 2.14. The molecule has 3 heteroatoms. The normalized spacial score (nSPS) is 19.7. The second kappa shape index (κ2) is 8.17. The molecular formula is C18H24FNO. The van der Waals surface area contributed by atoms with Gasteiger partial charge in [0.05, 0.1) is 5.56 Å². The van der Waals surface area contributed by atoms with Crippen molar-refractivity contribution >= 4 is 0 Å². The third kappa shape index (κ3) is 4.56. The van der Waals surface area contributed by atoms with Gasteiger partial charge >= 0.3 is 0 Å². The highest BCUT2D eigenvalue weighted by Gasteiger charge is 2.19. The Bertz CT molecular complexity index is 518. The van der Waals surface area contributed by atoms with Gasteiger partial charge in [-0.15, -0.1) is 0 Å². The maximum Gasteiger partial charge on any atom is 0.138 e. The first kappa shape index (κ1) is 16.0. The molecule has 1 N–H and O–H groups in total. The number of hydrogen-bond donors (Lipinski definition) is 1. The standard InChI is InChI=1S/C18H24FNO/c1-2-17-8-4-3-5-11-20(17)14-15-9-10-18(19)16(13-15)7-6-12-21/h9-10,13,17,21H,2-5,8,11-12,14H2,1H3. The van der Waals surface area contributed by atoms with Crippen LogP contribution in [0.1, 0.15) is 50.2 Å². The van der Waals surface area contributed by atoms with Gasteiger partial charge in [-0.05, 0) is 43.5 Å². The Morgan fingerprint density at radius 3 is 2.95 bits per heavy atom. The number of rotatable bonds is 3. The second-order valence-corrected chi connectivity index (χ2v) is 5.66. The topological polar surface area (TPSA) is 23.5 Å². The second-order valence-electron chi connectivity index (χ2n) is 5.66. The van der Waals surface area contributed by atoms with Crippen LogP contribution < -0.4 is 0 Å². The number of aliphatic hydroxyl groups excluding tert-OH is 1. The van der Waals surface area contributed by atoms with E-state index in [1.165, 1.54) is 38.2 Å². The Hall–Kier alpha value is -1.37. The molecule has 0 spiro atoms. The molecule has 1 aromatic carbocycles. The van der Waals surface area contributed by atoms with Crippen molar-refractivity contribution in [2.45, 2.75) is 51.6 Å². The summed E-state index contributed by atoms with van der Waals surface area (Å²) in [5.41, 5.74) is 1.48. The lowest BCUT2D eigenvalue weighted by atomic mass is 10.1. The summed E-state index contributed by atoms with van der Waals surface area (Å²) in [5.74, 6) is 4.89. The van der Waals surface area contributed by atoms with Gasteiger partial charge in [-0.2, -0.15) is 0 Å². The van der Waals surface area contributed by atoms with Crippen LogP contribution in [0.4, 0.5) is 4.39 Å². The van der Waals surface area contributed by atoms with Gasteiger partial charge in [0, 0.05) is 12.6 Å². The molecule has 0 aromatic heterocycles. The first-order valence-electron chi connectivity index (χ1n) is 7.86. The van der Waals surface area contributed by atoms with E-state index in [1.54, 1.807) is 0 Å². The number of likely N-dealkylation sites (tertiary alicyclic amines) is 1. The molecule has 0 aliphatic carbocycles. The van der Waals surface area contributed by atoms with Crippen molar-refractivity contribution in [3.63, 3.8) is 0 Å². The summed E-state index contributed by atoms with van der Waals surface area (Å²) in [6, 6.07) is 5.77. The third-order valence-corrected chi connectivity index (χ3v) is 4.19. The van der Waals surface area contributed by atoms with E-state index in [0.717, 1.165) is 18.7 Å². The predicted octanol–water partition coefficient (Wildman–Crippen LogP) is 3.32. The molecule has 0 amide bonds. The number of nitrogens with zero attached hydrogens (tertiary/aromatic N) is 1. The molecule has 1 fully saturated rings. The molecule has 1 atom stereocenters. The Labute approximate surface area is 127 Å². The van der Waals surface area contributed by atoms with Gasteiger partial charge in [0.2, 0.25) is 0 Å². The monoisotopic (exact) mass is 289 g/mol. The summed E-state index contributed by atoms with van der Waals surface area (Å²) in [7, 11) is 0. The minimum Gasteiger partial charge on any atom is -0.384 e. The van der Waals surface area contributed by atoms with Crippen LogP contribution in [0.15, 0.2) is 18.2 Å². The van der Waals surface area contributed by atoms with Crippen LogP contribution in [0.3, 0.4) is 0 Å². The molecule has 114 valence electrons. The fraction of sp³-hybridized carbons (Fsp3) is 0.556. The Morgan fingerprint density at radius 1 is 1.33 bits per heavy atom. The van der Waals surface area contributed by atoms with Crippen molar-refractivity contribution in [3.8, 4) is 11.8 Å². The zero-order valence-corrected chi connectivity index (χ0v) is 12.7. The van der Waals surface area contributed by atoms with Gasteiger partial charge in [-0.1, -0.05) is 37.7 Å². The van der Waals surface area contributed by atoms with Crippen molar-refractivity contribution in [2.75, 3.05) is 13.2 Å². The summed E-state index contributed by atoms with van der Waals surface area (Å²) in [6.45, 7) is 3.97. The lowest BCUT2D eigenvalue weighted by Gasteiger charge is -2.29. The van der Waals surface area contributed by atoms with Gasteiger partial charge in [0.25, 0.3) is 0 Å². The van der Waals surface area contributed by atoms with Crippen LogP contribution in [-0.2, 0) is 6.54 Å². The van der Waals surface area contributed by atoms with Gasteiger partial charge in [0.1, 0.15) is 12.4 Å². The maximum absolute atomic E-state index is 13.7. The SMILES string of the molecule is CCC1CCCCCN1Cc1ccc(F)c(C#CCO)c1. The van der Waals surface area contributed by atoms with Crippen molar-refractivity contribution < 1.29 is 9.50 Å². The molecule has 0 radical (unpaired) electrons. The zero-order valence-electron chi connectivity index (χ0n) is 12.7.